The number of cyclic esters (lactones) is 1. The molecule has 1 aromatic heterocycles. The average Bonchev–Trinajstić information content (AvgIpc) is 3.23. The second-order valence-electron chi connectivity index (χ2n) is 8.39. The van der Waals surface area contributed by atoms with Gasteiger partial charge in [-0.3, -0.25) is 9.59 Å². The van der Waals surface area contributed by atoms with Crippen LogP contribution in [0.1, 0.15) is 45.4 Å². The van der Waals surface area contributed by atoms with Gasteiger partial charge in [0.1, 0.15) is 12.1 Å². The molecule has 2 heterocycles. The Morgan fingerprint density at radius 1 is 1.25 bits per heavy atom. The molecule has 0 spiro atoms. The summed E-state index contributed by atoms with van der Waals surface area (Å²) in [5, 5.41) is 1.11. The number of esters is 2. The van der Waals surface area contributed by atoms with Gasteiger partial charge >= 0.3 is 11.9 Å². The van der Waals surface area contributed by atoms with E-state index in [1.807, 2.05) is 35.4 Å². The van der Waals surface area contributed by atoms with Crippen LogP contribution in [0, 0.1) is 5.92 Å². The van der Waals surface area contributed by atoms with E-state index in [0.29, 0.717) is 29.4 Å². The molecule has 0 N–H and O–H groups in total. The van der Waals surface area contributed by atoms with Crippen LogP contribution in [0.2, 0.25) is 10.0 Å². The van der Waals surface area contributed by atoms with Crippen molar-refractivity contribution in [2.75, 3.05) is 6.61 Å². The number of halogens is 2. The number of imidazole rings is 1. The van der Waals surface area contributed by atoms with Crippen LogP contribution in [0.4, 0.5) is 0 Å². The van der Waals surface area contributed by atoms with E-state index < -0.39 is 18.3 Å². The van der Waals surface area contributed by atoms with Crippen LogP contribution in [0.15, 0.2) is 30.7 Å². The minimum Gasteiger partial charge on any atom is -0.465 e. The first-order valence-electron chi connectivity index (χ1n) is 10.8. The maximum atomic E-state index is 12.8. The van der Waals surface area contributed by atoms with Gasteiger partial charge in [0.05, 0.1) is 12.9 Å². The summed E-state index contributed by atoms with van der Waals surface area (Å²) in [6.07, 6.45) is 3.82. The zero-order chi connectivity index (χ0) is 23.4. The minimum absolute atomic E-state index is 0.242. The smallest absolute Gasteiger partial charge is 0.325 e. The van der Waals surface area contributed by atoms with Gasteiger partial charge in [0.25, 0.3) is 0 Å². The van der Waals surface area contributed by atoms with Crippen molar-refractivity contribution in [1.82, 2.24) is 14.5 Å². The third-order valence-electron chi connectivity index (χ3n) is 5.43. The molecule has 3 atom stereocenters. The van der Waals surface area contributed by atoms with Gasteiger partial charge in [-0.05, 0) is 49.9 Å². The lowest BCUT2D eigenvalue weighted by Crippen LogP contribution is -2.50. The maximum Gasteiger partial charge on any atom is 0.325 e. The third kappa shape index (κ3) is 5.82. The maximum absolute atomic E-state index is 12.8. The van der Waals surface area contributed by atoms with E-state index in [1.165, 1.54) is 0 Å². The zero-order valence-corrected chi connectivity index (χ0v) is 20.3. The largest absolute Gasteiger partial charge is 0.465 e. The van der Waals surface area contributed by atoms with E-state index in [4.69, 9.17) is 32.7 Å². The van der Waals surface area contributed by atoms with Gasteiger partial charge in [0.15, 0.2) is 6.23 Å². The molecule has 1 saturated heterocycles. The normalized spacial score (nSPS) is 19.9. The van der Waals surface area contributed by atoms with Crippen LogP contribution < -0.4 is 0 Å². The van der Waals surface area contributed by atoms with Gasteiger partial charge in [0, 0.05) is 34.9 Å². The predicted molar refractivity (Wildman–Crippen MR) is 123 cm³/mol. The van der Waals surface area contributed by atoms with Crippen molar-refractivity contribution < 1.29 is 19.1 Å². The summed E-state index contributed by atoms with van der Waals surface area (Å²) >= 11 is 12.3. The van der Waals surface area contributed by atoms with E-state index in [2.05, 4.69) is 4.98 Å². The van der Waals surface area contributed by atoms with Crippen LogP contribution >= 0.6 is 23.2 Å². The van der Waals surface area contributed by atoms with Crippen molar-refractivity contribution in [3.8, 4) is 0 Å². The standard InChI is InChI=1S/C23H29Cl2N3O4/c1-5-31-22(29)20(6-14(2)3)28-15(4)32-23(30)21(28)10-19-11-26-13-27(19)12-16-7-17(24)9-18(25)8-16/h7-9,11,13-15,20-21H,5-6,10,12H2,1-4H3/t15?,20-,21-/m0/s1. The molecule has 0 amide bonds. The summed E-state index contributed by atoms with van der Waals surface area (Å²) < 4.78 is 12.8. The van der Waals surface area contributed by atoms with Gasteiger partial charge in [-0.15, -0.1) is 0 Å². The van der Waals surface area contributed by atoms with Gasteiger partial charge in [-0.2, -0.15) is 0 Å². The second-order valence-corrected chi connectivity index (χ2v) is 9.26. The van der Waals surface area contributed by atoms with E-state index in [0.717, 1.165) is 11.3 Å². The molecule has 0 radical (unpaired) electrons. The Morgan fingerprint density at radius 2 is 1.94 bits per heavy atom. The van der Waals surface area contributed by atoms with E-state index in [-0.39, 0.29) is 24.5 Å². The van der Waals surface area contributed by atoms with E-state index in [9.17, 15) is 9.59 Å². The van der Waals surface area contributed by atoms with E-state index in [1.54, 1.807) is 32.4 Å². The summed E-state index contributed by atoms with van der Waals surface area (Å²) in [6.45, 7) is 8.42. The summed E-state index contributed by atoms with van der Waals surface area (Å²) in [5.41, 5.74) is 1.76. The molecule has 1 aromatic carbocycles. The molecular formula is C23H29Cl2N3O4. The molecule has 32 heavy (non-hydrogen) atoms. The van der Waals surface area contributed by atoms with Crippen molar-refractivity contribution in [3.05, 3.63) is 52.0 Å². The topological polar surface area (TPSA) is 73.7 Å². The molecule has 174 valence electrons. The average molecular weight is 482 g/mol. The molecule has 2 aromatic rings. The first-order valence-corrected chi connectivity index (χ1v) is 11.5. The number of aromatic nitrogens is 2. The molecule has 1 fully saturated rings. The van der Waals surface area contributed by atoms with Gasteiger partial charge in [-0.25, -0.2) is 9.88 Å². The van der Waals surface area contributed by atoms with Gasteiger partial charge < -0.3 is 14.0 Å². The minimum atomic E-state index is -0.614. The second kappa shape index (κ2) is 10.7. The molecular weight excluding hydrogens is 453 g/mol. The Balaban J connectivity index is 1.85. The summed E-state index contributed by atoms with van der Waals surface area (Å²) in [4.78, 5) is 31.6. The number of hydrogen-bond donors (Lipinski definition) is 0. The molecule has 9 heteroatoms. The number of ether oxygens (including phenoxy) is 2. The monoisotopic (exact) mass is 481 g/mol. The summed E-state index contributed by atoms with van der Waals surface area (Å²) in [5.74, 6) is -0.446. The van der Waals surface area contributed by atoms with Gasteiger partial charge in [0.2, 0.25) is 0 Å². The highest BCUT2D eigenvalue weighted by Crippen LogP contribution is 2.28. The fraction of sp³-hybridized carbons (Fsp3) is 0.522. The SMILES string of the molecule is CCOC(=O)[C@H](CC(C)C)N1C(C)OC(=O)[C@@H]1Cc1cncn1Cc1cc(Cl)cc(Cl)c1. The third-order valence-corrected chi connectivity index (χ3v) is 5.86. The number of nitrogens with zero attached hydrogens (tertiary/aromatic N) is 3. The Hall–Kier alpha value is -2.09. The number of hydrogen-bond acceptors (Lipinski definition) is 6. The van der Waals surface area contributed by atoms with E-state index >= 15 is 0 Å². The highest BCUT2D eigenvalue weighted by Gasteiger charge is 2.46. The van der Waals surface area contributed by atoms with Crippen LogP contribution in [0.3, 0.4) is 0 Å². The summed E-state index contributed by atoms with van der Waals surface area (Å²) in [7, 11) is 0. The van der Waals surface area contributed by atoms with Crippen LogP contribution in [-0.2, 0) is 32.0 Å². The Morgan fingerprint density at radius 3 is 2.56 bits per heavy atom. The first-order chi connectivity index (χ1) is 15.2. The van der Waals surface area contributed by atoms with Crippen LogP contribution in [-0.4, -0.2) is 51.3 Å². The van der Waals surface area contributed by atoms with Crippen molar-refractivity contribution in [3.63, 3.8) is 0 Å². The highest BCUT2D eigenvalue weighted by molar-refractivity contribution is 6.34. The predicted octanol–water partition coefficient (Wildman–Crippen LogP) is 4.33. The lowest BCUT2D eigenvalue weighted by Gasteiger charge is -2.32. The molecule has 1 unspecified atom stereocenters. The van der Waals surface area contributed by atoms with Crippen LogP contribution in [0.5, 0.6) is 0 Å². The quantitative estimate of drug-likeness (QED) is 0.496. The Kier molecular flexibility index (Phi) is 8.20. The molecule has 1 aliphatic heterocycles. The number of benzene rings is 1. The lowest BCUT2D eigenvalue weighted by molar-refractivity contribution is -0.153. The highest BCUT2D eigenvalue weighted by atomic mass is 35.5. The fourth-order valence-electron chi connectivity index (χ4n) is 4.12. The molecule has 7 nitrogen and oxygen atoms in total. The fourth-order valence-corrected chi connectivity index (χ4v) is 4.70. The zero-order valence-electron chi connectivity index (χ0n) is 18.8. The summed E-state index contributed by atoms with van der Waals surface area (Å²) in [6, 6.07) is 4.18. The van der Waals surface area contributed by atoms with Crippen LogP contribution in [0.25, 0.3) is 0 Å². The molecule has 0 saturated carbocycles. The molecule has 1 aliphatic rings. The van der Waals surface area contributed by atoms with Gasteiger partial charge in [-0.1, -0.05) is 37.0 Å². The molecule has 0 bridgehead atoms. The Labute approximate surface area is 198 Å². The Bertz CT molecular complexity index is 942. The van der Waals surface area contributed by atoms with Crippen molar-refractivity contribution >= 4 is 35.1 Å². The number of carbonyl (C=O) groups is 2. The molecule has 3 rings (SSSR count). The van der Waals surface area contributed by atoms with Crippen molar-refractivity contribution in [2.45, 2.75) is 65.4 Å². The van der Waals surface area contributed by atoms with Crippen molar-refractivity contribution in [1.29, 1.82) is 0 Å². The first kappa shape index (κ1) is 24.6. The van der Waals surface area contributed by atoms with Crippen molar-refractivity contribution in [2.24, 2.45) is 5.92 Å². The number of rotatable bonds is 9. The number of carbonyl (C=O) groups excluding carboxylic acids is 2. The molecule has 0 aliphatic carbocycles. The lowest BCUT2D eigenvalue weighted by atomic mass is 9.99.